The van der Waals surface area contributed by atoms with Gasteiger partial charge in [0.2, 0.25) is 0 Å². The lowest BCUT2D eigenvalue weighted by Gasteiger charge is -2.33. The van der Waals surface area contributed by atoms with Crippen LogP contribution in [0, 0.1) is 5.82 Å². The Balaban J connectivity index is 1.39. The second-order valence-corrected chi connectivity index (χ2v) is 12.8. The number of nitrogens with zero attached hydrogens (tertiary/aromatic N) is 3. The summed E-state index contributed by atoms with van der Waals surface area (Å²) in [6, 6.07) is 17.5. The molecule has 0 radical (unpaired) electrons. The first-order valence-electron chi connectivity index (χ1n) is 13.6. The Morgan fingerprint density at radius 3 is 2.20 bits per heavy atom. The Labute approximate surface area is 255 Å². The summed E-state index contributed by atoms with van der Waals surface area (Å²) in [6.45, 7) is -0.397. The lowest BCUT2D eigenvalue weighted by atomic mass is 10.0. The number of hydrazine groups is 1. The van der Waals surface area contributed by atoms with Crippen molar-refractivity contribution in [2.24, 2.45) is 7.05 Å². The minimum Gasteiger partial charge on any atom is -0.351 e. The molecule has 45 heavy (non-hydrogen) atoms. The summed E-state index contributed by atoms with van der Waals surface area (Å²) in [4.78, 5) is 39.5. The molecule has 15 heteroatoms. The van der Waals surface area contributed by atoms with Crippen LogP contribution in [-0.2, 0) is 28.2 Å². The molecule has 4 aromatic rings. The van der Waals surface area contributed by atoms with E-state index >= 15 is 4.39 Å². The number of carbonyl (C=O) groups is 3. The Morgan fingerprint density at radius 1 is 0.889 bits per heavy atom. The summed E-state index contributed by atoms with van der Waals surface area (Å²) < 4.78 is 78.3. The number of sulfone groups is 1. The van der Waals surface area contributed by atoms with E-state index in [9.17, 15) is 36.0 Å². The number of anilines is 1. The van der Waals surface area contributed by atoms with Crippen LogP contribution in [0.5, 0.6) is 0 Å². The van der Waals surface area contributed by atoms with Gasteiger partial charge in [0.15, 0.2) is 9.84 Å². The van der Waals surface area contributed by atoms with E-state index < -0.39 is 39.7 Å². The normalized spacial score (nSPS) is 14.6. The molecule has 0 saturated carbocycles. The van der Waals surface area contributed by atoms with Crippen molar-refractivity contribution < 1.29 is 40.4 Å². The number of hydrogen-bond donors (Lipinski definition) is 2. The van der Waals surface area contributed by atoms with Crippen molar-refractivity contribution in [1.29, 1.82) is 0 Å². The number of amides is 4. The topological polar surface area (TPSA) is 121 Å². The zero-order chi connectivity index (χ0) is 32.5. The summed E-state index contributed by atoms with van der Waals surface area (Å²) in [5.41, 5.74) is 5.63. The maximum Gasteiger partial charge on any atom is 0.472 e. The number of carbonyl (C=O) groups excluding carboxylic acids is 3. The Morgan fingerprint density at radius 2 is 1.56 bits per heavy atom. The third-order valence-electron chi connectivity index (χ3n) is 7.43. The predicted octanol–water partition coefficient (Wildman–Crippen LogP) is 4.16. The number of benzene rings is 3. The summed E-state index contributed by atoms with van der Waals surface area (Å²) in [6.07, 6.45) is -3.28. The number of hydrogen-bond acceptors (Lipinski definition) is 5. The van der Waals surface area contributed by atoms with Crippen molar-refractivity contribution in [2.75, 3.05) is 29.5 Å². The Hall–Kier alpha value is -4.92. The molecular weight excluding hydrogens is 618 g/mol. The van der Waals surface area contributed by atoms with Crippen molar-refractivity contribution in [3.63, 3.8) is 0 Å². The highest BCUT2D eigenvalue weighted by atomic mass is 32.2. The van der Waals surface area contributed by atoms with Crippen LogP contribution in [0.25, 0.3) is 22.0 Å². The highest BCUT2D eigenvalue weighted by molar-refractivity contribution is 7.91. The van der Waals surface area contributed by atoms with E-state index in [0.29, 0.717) is 5.69 Å². The second-order valence-electron chi connectivity index (χ2n) is 10.5. The molecule has 1 aliphatic heterocycles. The number of fused-ring (bicyclic) bond motifs is 1. The molecule has 236 valence electrons. The summed E-state index contributed by atoms with van der Waals surface area (Å²) >= 11 is 0. The van der Waals surface area contributed by atoms with Crippen LogP contribution in [-0.4, -0.2) is 66.5 Å². The van der Waals surface area contributed by atoms with Crippen LogP contribution in [0.2, 0.25) is 0 Å². The largest absolute Gasteiger partial charge is 0.472 e. The van der Waals surface area contributed by atoms with E-state index in [-0.39, 0.29) is 42.3 Å². The molecule has 2 heterocycles. The van der Waals surface area contributed by atoms with Crippen molar-refractivity contribution >= 4 is 44.3 Å². The van der Waals surface area contributed by atoms with Gasteiger partial charge in [0.1, 0.15) is 5.82 Å². The van der Waals surface area contributed by atoms with Crippen molar-refractivity contribution in [3.05, 3.63) is 89.9 Å². The molecule has 0 bridgehead atoms. The highest BCUT2D eigenvalue weighted by Crippen LogP contribution is 2.29. The zero-order valence-corrected chi connectivity index (χ0v) is 24.6. The highest BCUT2D eigenvalue weighted by Gasteiger charge is 2.39. The van der Waals surface area contributed by atoms with E-state index in [0.717, 1.165) is 34.2 Å². The van der Waals surface area contributed by atoms with E-state index in [4.69, 9.17) is 0 Å². The van der Waals surface area contributed by atoms with Crippen LogP contribution in [0.3, 0.4) is 0 Å². The maximum atomic E-state index is 15.2. The van der Waals surface area contributed by atoms with Gasteiger partial charge in [0, 0.05) is 54.1 Å². The molecule has 0 aliphatic carbocycles. The summed E-state index contributed by atoms with van der Waals surface area (Å²) in [7, 11) is -1.34. The molecule has 4 amide bonds. The molecule has 1 fully saturated rings. The van der Waals surface area contributed by atoms with E-state index in [1.165, 1.54) is 21.3 Å². The molecule has 5 rings (SSSR count). The standard InChI is InChI=1S/C30H27F4N5O5S/c1-37-11-10-21-16-20(6-9-26(21)37)19-4-7-24(8-5-19)39(29(42)38-12-14-45(43,44)15-13-38)18-23-3-2-22(17-25(23)31)27(40)35-36-28(41)30(32,33)34/h2-11,16-17H,12-15,18H2,1H3,(H,35,40)(H,36,41). The van der Waals surface area contributed by atoms with Crippen molar-refractivity contribution in [1.82, 2.24) is 20.3 Å². The predicted molar refractivity (Wildman–Crippen MR) is 158 cm³/mol. The van der Waals surface area contributed by atoms with E-state index in [2.05, 4.69) is 0 Å². The lowest BCUT2D eigenvalue weighted by Crippen LogP contribution is -2.49. The molecule has 1 saturated heterocycles. The number of alkyl halides is 3. The molecule has 10 nitrogen and oxygen atoms in total. The number of urea groups is 1. The van der Waals surface area contributed by atoms with Crippen LogP contribution < -0.4 is 15.8 Å². The quantitative estimate of drug-likeness (QED) is 0.250. The number of aromatic nitrogens is 1. The van der Waals surface area contributed by atoms with Crippen LogP contribution in [0.4, 0.5) is 28.0 Å². The molecular formula is C30H27F4N5O5S. The van der Waals surface area contributed by atoms with E-state index in [1.807, 2.05) is 42.1 Å². The van der Waals surface area contributed by atoms with E-state index in [1.54, 1.807) is 29.7 Å². The fraction of sp³-hybridized carbons (Fsp3) is 0.233. The monoisotopic (exact) mass is 645 g/mol. The number of halogens is 4. The number of aryl methyl sites for hydroxylation is 1. The minimum atomic E-state index is -5.23. The lowest BCUT2D eigenvalue weighted by molar-refractivity contribution is -0.174. The average molecular weight is 646 g/mol. The first-order chi connectivity index (χ1) is 21.2. The number of rotatable bonds is 5. The summed E-state index contributed by atoms with van der Waals surface area (Å²) in [5.74, 6) is -4.95. The van der Waals surface area contributed by atoms with Crippen LogP contribution in [0.15, 0.2) is 72.9 Å². The maximum absolute atomic E-state index is 15.2. The molecule has 1 aliphatic rings. The molecule has 3 aromatic carbocycles. The fourth-order valence-electron chi connectivity index (χ4n) is 4.88. The van der Waals surface area contributed by atoms with Crippen molar-refractivity contribution in [3.8, 4) is 11.1 Å². The minimum absolute atomic E-state index is 0.0255. The van der Waals surface area contributed by atoms with Gasteiger partial charge in [-0.15, -0.1) is 0 Å². The third kappa shape index (κ3) is 7.09. The van der Waals surface area contributed by atoms with Gasteiger partial charge in [-0.2, -0.15) is 13.2 Å². The van der Waals surface area contributed by atoms with Gasteiger partial charge in [-0.1, -0.05) is 24.3 Å². The smallest absolute Gasteiger partial charge is 0.351 e. The Kier molecular flexibility index (Phi) is 8.56. The van der Waals surface area contributed by atoms with Gasteiger partial charge >= 0.3 is 18.1 Å². The van der Waals surface area contributed by atoms with Gasteiger partial charge in [0.05, 0.1) is 18.1 Å². The van der Waals surface area contributed by atoms with Crippen LogP contribution in [0.1, 0.15) is 15.9 Å². The van der Waals surface area contributed by atoms with Gasteiger partial charge < -0.3 is 9.47 Å². The number of nitrogens with one attached hydrogen (secondary N) is 2. The molecule has 0 unspecified atom stereocenters. The first-order valence-corrected chi connectivity index (χ1v) is 15.4. The van der Waals surface area contributed by atoms with Gasteiger partial charge in [-0.05, 0) is 53.6 Å². The average Bonchev–Trinajstić information content (AvgIpc) is 3.38. The third-order valence-corrected chi connectivity index (χ3v) is 9.04. The van der Waals surface area contributed by atoms with Gasteiger partial charge in [-0.25, -0.2) is 17.6 Å². The SMILES string of the molecule is Cn1ccc2cc(-c3ccc(N(Cc4ccc(C(=O)NNC(=O)C(F)(F)F)cc4F)C(=O)N4CCS(=O)(=O)CC4)cc3)ccc21. The molecule has 1 aromatic heterocycles. The molecule has 2 N–H and O–H groups in total. The van der Waals surface area contributed by atoms with Crippen LogP contribution >= 0.6 is 0 Å². The van der Waals surface area contributed by atoms with Gasteiger partial charge in [0.25, 0.3) is 5.91 Å². The summed E-state index contributed by atoms with van der Waals surface area (Å²) in [5, 5.41) is 1.05. The van der Waals surface area contributed by atoms with Crippen molar-refractivity contribution in [2.45, 2.75) is 12.7 Å². The first kappa shape index (κ1) is 31.5. The molecule has 0 spiro atoms. The Bertz CT molecular complexity index is 1880. The molecule has 0 atom stereocenters. The second kappa shape index (κ2) is 12.2. The zero-order valence-electron chi connectivity index (χ0n) is 23.8. The van der Waals surface area contributed by atoms with Gasteiger partial charge in [-0.3, -0.25) is 25.3 Å². The fourth-order valence-corrected chi connectivity index (χ4v) is 6.08.